The lowest BCUT2D eigenvalue weighted by atomic mass is 10.1. The van der Waals surface area contributed by atoms with Gasteiger partial charge in [0.15, 0.2) is 0 Å². The molecule has 0 aromatic heterocycles. The number of amides is 3. The van der Waals surface area contributed by atoms with Gasteiger partial charge in [-0.1, -0.05) is 18.2 Å². The van der Waals surface area contributed by atoms with Crippen LogP contribution in [-0.2, 0) is 20.8 Å². The lowest BCUT2D eigenvalue weighted by Crippen LogP contribution is -2.36. The molecule has 1 heterocycles. The van der Waals surface area contributed by atoms with Gasteiger partial charge in [0.2, 0.25) is 5.91 Å². The van der Waals surface area contributed by atoms with Crippen molar-refractivity contribution in [2.24, 2.45) is 0 Å². The van der Waals surface area contributed by atoms with Gasteiger partial charge in [0.05, 0.1) is 0 Å². The second kappa shape index (κ2) is 9.91. The molecule has 1 fully saturated rings. The van der Waals surface area contributed by atoms with Gasteiger partial charge in [-0.25, -0.2) is 0 Å². The van der Waals surface area contributed by atoms with E-state index in [4.69, 9.17) is 0 Å². The van der Waals surface area contributed by atoms with E-state index in [1.807, 2.05) is 25.1 Å². The average molecular weight is 409 g/mol. The van der Waals surface area contributed by atoms with Crippen molar-refractivity contribution >= 4 is 34.8 Å². The van der Waals surface area contributed by atoms with Gasteiger partial charge in [0.1, 0.15) is 0 Å². The van der Waals surface area contributed by atoms with E-state index >= 15 is 0 Å². The summed E-state index contributed by atoms with van der Waals surface area (Å²) >= 11 is 0. The molecule has 7 heteroatoms. The lowest BCUT2D eigenvalue weighted by Gasteiger charge is -2.16. The minimum Gasteiger partial charge on any atom is -0.378 e. The zero-order chi connectivity index (χ0) is 21.5. The van der Waals surface area contributed by atoms with Crippen LogP contribution in [0, 0.1) is 0 Å². The van der Waals surface area contributed by atoms with E-state index in [0.29, 0.717) is 25.2 Å². The minimum absolute atomic E-state index is 0.0765. The summed E-state index contributed by atoms with van der Waals surface area (Å²) in [5.74, 6) is -1.30. The van der Waals surface area contributed by atoms with Crippen LogP contribution < -0.4 is 20.4 Å². The monoisotopic (exact) mass is 408 g/mol. The summed E-state index contributed by atoms with van der Waals surface area (Å²) in [5.41, 5.74) is 3.55. The fourth-order valence-corrected chi connectivity index (χ4v) is 3.40. The Morgan fingerprint density at radius 1 is 1.07 bits per heavy atom. The van der Waals surface area contributed by atoms with Gasteiger partial charge in [-0.2, -0.15) is 0 Å². The van der Waals surface area contributed by atoms with Gasteiger partial charge in [-0.05, 0) is 55.2 Å². The molecule has 2 aromatic carbocycles. The first kappa shape index (κ1) is 21.4. The van der Waals surface area contributed by atoms with Crippen molar-refractivity contribution in [3.63, 3.8) is 0 Å². The second-order valence-corrected chi connectivity index (χ2v) is 7.57. The predicted molar refractivity (Wildman–Crippen MR) is 119 cm³/mol. The summed E-state index contributed by atoms with van der Waals surface area (Å²) in [7, 11) is 4.00. The number of carbonyl (C=O) groups is 3. The van der Waals surface area contributed by atoms with Crippen LogP contribution in [0.25, 0.3) is 0 Å². The third-order valence-electron chi connectivity index (χ3n) is 5.08. The molecule has 0 unspecified atom stereocenters. The highest BCUT2D eigenvalue weighted by atomic mass is 16.2. The van der Waals surface area contributed by atoms with Crippen LogP contribution in [0.1, 0.15) is 24.8 Å². The second-order valence-electron chi connectivity index (χ2n) is 7.57. The van der Waals surface area contributed by atoms with Gasteiger partial charge in [0, 0.05) is 50.7 Å². The smallest absolute Gasteiger partial charge is 0.313 e. The number of aryl methyl sites for hydroxylation is 1. The van der Waals surface area contributed by atoms with E-state index in [9.17, 15) is 14.4 Å². The lowest BCUT2D eigenvalue weighted by molar-refractivity contribution is -0.136. The molecule has 2 aromatic rings. The SMILES string of the molecule is CN(C)c1ccc(CCCNC(=O)C(=O)Nc2cccc(N3CCCC3=O)c2)cc1. The van der Waals surface area contributed by atoms with Crippen LogP contribution in [0.2, 0.25) is 0 Å². The van der Waals surface area contributed by atoms with Crippen molar-refractivity contribution in [2.75, 3.05) is 42.3 Å². The van der Waals surface area contributed by atoms with Gasteiger partial charge >= 0.3 is 11.8 Å². The van der Waals surface area contributed by atoms with Crippen molar-refractivity contribution in [2.45, 2.75) is 25.7 Å². The maximum absolute atomic E-state index is 12.2. The number of nitrogens with one attached hydrogen (secondary N) is 2. The third kappa shape index (κ3) is 5.59. The first-order valence-corrected chi connectivity index (χ1v) is 10.2. The Balaban J connectivity index is 1.43. The highest BCUT2D eigenvalue weighted by Crippen LogP contribution is 2.24. The van der Waals surface area contributed by atoms with Gasteiger partial charge in [-0.15, -0.1) is 0 Å². The molecule has 3 rings (SSSR count). The number of nitrogens with zero attached hydrogens (tertiary/aromatic N) is 2. The zero-order valence-electron chi connectivity index (χ0n) is 17.5. The molecule has 3 amide bonds. The molecule has 1 aliphatic heterocycles. The quantitative estimate of drug-likeness (QED) is 0.545. The Kier molecular flexibility index (Phi) is 7.06. The van der Waals surface area contributed by atoms with Crippen LogP contribution in [-0.4, -0.2) is 44.9 Å². The molecule has 1 aliphatic rings. The van der Waals surface area contributed by atoms with Gasteiger partial charge < -0.3 is 20.4 Å². The molecule has 158 valence electrons. The number of benzene rings is 2. The van der Waals surface area contributed by atoms with Crippen LogP contribution >= 0.6 is 0 Å². The van der Waals surface area contributed by atoms with Crippen LogP contribution in [0.4, 0.5) is 17.1 Å². The molecule has 0 bridgehead atoms. The Morgan fingerprint density at radius 3 is 2.50 bits per heavy atom. The summed E-state index contributed by atoms with van der Waals surface area (Å²) < 4.78 is 0. The number of hydrogen-bond donors (Lipinski definition) is 2. The summed E-state index contributed by atoms with van der Waals surface area (Å²) in [6.07, 6.45) is 2.94. The fourth-order valence-electron chi connectivity index (χ4n) is 3.40. The van der Waals surface area contributed by atoms with E-state index in [-0.39, 0.29) is 5.91 Å². The molecule has 2 N–H and O–H groups in total. The molecular weight excluding hydrogens is 380 g/mol. The van der Waals surface area contributed by atoms with E-state index in [2.05, 4.69) is 34.9 Å². The average Bonchev–Trinajstić information content (AvgIpc) is 3.17. The van der Waals surface area contributed by atoms with Crippen LogP contribution in [0.5, 0.6) is 0 Å². The van der Waals surface area contributed by atoms with Crippen molar-refractivity contribution in [1.29, 1.82) is 0 Å². The maximum Gasteiger partial charge on any atom is 0.313 e. The molecule has 0 saturated carbocycles. The first-order valence-electron chi connectivity index (χ1n) is 10.2. The summed E-state index contributed by atoms with van der Waals surface area (Å²) in [5, 5.41) is 5.26. The van der Waals surface area contributed by atoms with Crippen molar-refractivity contribution < 1.29 is 14.4 Å². The molecule has 30 heavy (non-hydrogen) atoms. The number of carbonyl (C=O) groups excluding carboxylic acids is 3. The normalized spacial score (nSPS) is 13.3. The molecule has 0 aliphatic carbocycles. The molecule has 0 atom stereocenters. The largest absolute Gasteiger partial charge is 0.378 e. The number of hydrogen-bond acceptors (Lipinski definition) is 4. The highest BCUT2D eigenvalue weighted by Gasteiger charge is 2.22. The van der Waals surface area contributed by atoms with E-state index < -0.39 is 11.8 Å². The summed E-state index contributed by atoms with van der Waals surface area (Å²) in [4.78, 5) is 39.9. The third-order valence-corrected chi connectivity index (χ3v) is 5.08. The first-order chi connectivity index (χ1) is 14.4. The fraction of sp³-hybridized carbons (Fsp3) is 0.348. The summed E-state index contributed by atoms with van der Waals surface area (Å²) in [6.45, 7) is 1.10. The van der Waals surface area contributed by atoms with E-state index in [1.54, 1.807) is 23.1 Å². The topological polar surface area (TPSA) is 81.8 Å². The Bertz CT molecular complexity index is 909. The van der Waals surface area contributed by atoms with Gasteiger partial charge in [0.25, 0.3) is 0 Å². The Hall–Kier alpha value is -3.35. The van der Waals surface area contributed by atoms with Crippen molar-refractivity contribution in [1.82, 2.24) is 5.32 Å². The molecule has 0 radical (unpaired) electrons. The Labute approximate surface area is 177 Å². The van der Waals surface area contributed by atoms with Gasteiger partial charge in [-0.3, -0.25) is 14.4 Å². The standard InChI is InChI=1S/C23H28N4O3/c1-26(2)19-12-10-17(11-13-19)6-4-14-24-22(29)23(30)25-18-7-3-8-20(16-18)27-15-5-9-21(27)28/h3,7-8,10-13,16H,4-6,9,14-15H2,1-2H3,(H,24,29)(H,25,30). The minimum atomic E-state index is -0.713. The molecule has 7 nitrogen and oxygen atoms in total. The molecular formula is C23H28N4O3. The van der Waals surface area contributed by atoms with Crippen molar-refractivity contribution in [3.05, 3.63) is 54.1 Å². The predicted octanol–water partition coefficient (Wildman–Crippen LogP) is 2.57. The number of anilines is 3. The van der Waals surface area contributed by atoms with E-state index in [1.165, 1.54) is 5.56 Å². The highest BCUT2D eigenvalue weighted by molar-refractivity contribution is 6.39. The zero-order valence-corrected chi connectivity index (χ0v) is 17.5. The van der Waals surface area contributed by atoms with E-state index in [0.717, 1.165) is 30.6 Å². The number of rotatable bonds is 7. The maximum atomic E-state index is 12.2. The van der Waals surface area contributed by atoms with Crippen LogP contribution in [0.15, 0.2) is 48.5 Å². The van der Waals surface area contributed by atoms with Crippen LogP contribution in [0.3, 0.4) is 0 Å². The van der Waals surface area contributed by atoms with Crippen molar-refractivity contribution in [3.8, 4) is 0 Å². The molecule has 1 saturated heterocycles. The summed E-state index contributed by atoms with van der Waals surface area (Å²) in [6, 6.07) is 15.3. The molecule has 0 spiro atoms. The Morgan fingerprint density at radius 2 is 1.83 bits per heavy atom.